The van der Waals surface area contributed by atoms with Crippen molar-refractivity contribution in [3.05, 3.63) is 78.5 Å². The lowest BCUT2D eigenvalue weighted by molar-refractivity contribution is -0.139. The fraction of sp³-hybridized carbons (Fsp3) is 0.387. The van der Waals surface area contributed by atoms with E-state index >= 15 is 0 Å². The highest BCUT2D eigenvalue weighted by atomic mass is 32.1. The van der Waals surface area contributed by atoms with E-state index in [1.54, 1.807) is 57.6 Å². The van der Waals surface area contributed by atoms with Crippen LogP contribution in [0.3, 0.4) is 0 Å². The van der Waals surface area contributed by atoms with Crippen LogP contribution in [0, 0.1) is 0 Å². The second-order valence-electron chi connectivity index (χ2n) is 9.44. The highest BCUT2D eigenvalue weighted by Gasteiger charge is 2.36. The number of thiazole rings is 1. The Labute approximate surface area is 243 Å². The Hall–Kier alpha value is -4.05. The number of phenolic OH excluding ortho intramolecular Hbond substituents is 1. The smallest absolute Gasteiger partial charge is 0.338 e. The van der Waals surface area contributed by atoms with Gasteiger partial charge < -0.3 is 24.2 Å². The number of aromatic nitrogens is 1. The molecule has 218 valence electrons. The van der Waals surface area contributed by atoms with E-state index in [-0.39, 0.29) is 17.9 Å². The summed E-state index contributed by atoms with van der Waals surface area (Å²) >= 11 is 1.21. The minimum atomic E-state index is -0.849. The number of ether oxygens (including phenoxy) is 3. The van der Waals surface area contributed by atoms with Crippen LogP contribution in [0.25, 0.3) is 6.08 Å². The largest absolute Gasteiger partial charge is 0.507 e. The first-order chi connectivity index (χ1) is 19.8. The van der Waals surface area contributed by atoms with Gasteiger partial charge in [0.25, 0.3) is 5.56 Å². The number of carbonyl (C=O) groups is 1. The maximum atomic E-state index is 14.1. The number of aromatic hydroxyl groups is 1. The molecule has 4 rings (SSSR count). The van der Waals surface area contributed by atoms with Gasteiger partial charge in [-0.05, 0) is 63.6 Å². The molecule has 9 nitrogen and oxygen atoms in total. The number of rotatable bonds is 11. The SMILES string of the molecule is CCCC1=C(C(=O)OCC)[C@@H](c2cc(OC)ccc2OC)n2c(s/c(=C\c3ccc(N(CC)CC)cc3O)c2=O)=N1. The molecule has 0 saturated heterocycles. The molecular weight excluding hydrogens is 542 g/mol. The van der Waals surface area contributed by atoms with E-state index in [0.717, 1.165) is 25.2 Å². The number of carbonyl (C=O) groups excluding carboxylic acids is 1. The number of fused-ring (bicyclic) bond motifs is 1. The van der Waals surface area contributed by atoms with Crippen LogP contribution in [0.5, 0.6) is 17.2 Å². The summed E-state index contributed by atoms with van der Waals surface area (Å²) in [5.41, 5.74) is 2.52. The molecule has 1 atom stereocenters. The molecule has 0 aliphatic carbocycles. The Bertz CT molecular complexity index is 1630. The average Bonchev–Trinajstić information content (AvgIpc) is 3.28. The molecule has 10 heteroatoms. The summed E-state index contributed by atoms with van der Waals surface area (Å²) in [5.74, 6) is 0.589. The fourth-order valence-corrected chi connectivity index (χ4v) is 6.06. The zero-order chi connectivity index (χ0) is 29.7. The van der Waals surface area contributed by atoms with Crippen LogP contribution in [0.15, 0.2) is 57.5 Å². The van der Waals surface area contributed by atoms with Crippen molar-refractivity contribution in [1.82, 2.24) is 4.57 Å². The summed E-state index contributed by atoms with van der Waals surface area (Å²) in [6, 6.07) is 9.87. The molecule has 2 heterocycles. The summed E-state index contributed by atoms with van der Waals surface area (Å²) in [7, 11) is 3.10. The second-order valence-corrected chi connectivity index (χ2v) is 10.4. The van der Waals surface area contributed by atoms with E-state index in [9.17, 15) is 14.7 Å². The van der Waals surface area contributed by atoms with Gasteiger partial charge in [-0.3, -0.25) is 9.36 Å². The van der Waals surface area contributed by atoms with Gasteiger partial charge in [0.15, 0.2) is 4.80 Å². The lowest BCUT2D eigenvalue weighted by Gasteiger charge is -2.27. The van der Waals surface area contributed by atoms with Gasteiger partial charge in [0, 0.05) is 36.0 Å². The van der Waals surface area contributed by atoms with Crippen molar-refractivity contribution in [3.8, 4) is 17.2 Å². The van der Waals surface area contributed by atoms with Crippen LogP contribution >= 0.6 is 11.3 Å². The molecule has 1 N–H and O–H groups in total. The second kappa shape index (κ2) is 13.1. The maximum absolute atomic E-state index is 14.1. The summed E-state index contributed by atoms with van der Waals surface area (Å²) in [4.78, 5) is 34.9. The molecule has 0 saturated carbocycles. The quantitative estimate of drug-likeness (QED) is 0.341. The number of methoxy groups -OCH3 is 2. The number of benzene rings is 2. The van der Waals surface area contributed by atoms with E-state index in [1.807, 2.05) is 13.0 Å². The fourth-order valence-electron chi connectivity index (χ4n) is 5.05. The van der Waals surface area contributed by atoms with Crippen LogP contribution < -0.4 is 29.3 Å². The third-order valence-electron chi connectivity index (χ3n) is 7.05. The molecule has 1 aromatic heterocycles. The number of esters is 1. The summed E-state index contributed by atoms with van der Waals surface area (Å²) in [6.45, 7) is 9.66. The minimum Gasteiger partial charge on any atom is -0.507 e. The Morgan fingerprint density at radius 3 is 2.46 bits per heavy atom. The lowest BCUT2D eigenvalue weighted by atomic mass is 9.93. The van der Waals surface area contributed by atoms with Gasteiger partial charge in [-0.25, -0.2) is 9.79 Å². The molecule has 2 aromatic carbocycles. The van der Waals surface area contributed by atoms with Gasteiger partial charge in [0.05, 0.1) is 36.6 Å². The Morgan fingerprint density at radius 2 is 1.85 bits per heavy atom. The van der Waals surface area contributed by atoms with E-state index in [1.165, 1.54) is 15.9 Å². The number of phenols is 1. The number of hydrogen-bond acceptors (Lipinski definition) is 9. The van der Waals surface area contributed by atoms with Gasteiger partial charge >= 0.3 is 5.97 Å². The number of nitrogens with zero attached hydrogens (tertiary/aromatic N) is 3. The maximum Gasteiger partial charge on any atom is 0.338 e. The van der Waals surface area contributed by atoms with Crippen LogP contribution in [-0.2, 0) is 9.53 Å². The zero-order valence-corrected chi connectivity index (χ0v) is 25.2. The standard InChI is InChI=1S/C31H37N3O6S/c1-7-11-23-27(30(37)40-10-4)28(22-18-21(38-5)14-15-25(22)39-6)34-29(36)26(41-31(34)32-23)16-19-12-13-20(17-24(19)35)33(8-2)9-3/h12-18,28,35H,7-11H2,1-6H3/b26-16-/t28-/m1/s1. The van der Waals surface area contributed by atoms with Crippen molar-refractivity contribution in [1.29, 1.82) is 0 Å². The first-order valence-corrected chi connectivity index (χ1v) is 14.6. The van der Waals surface area contributed by atoms with Crippen molar-refractivity contribution in [3.63, 3.8) is 0 Å². The van der Waals surface area contributed by atoms with Gasteiger partial charge in [-0.2, -0.15) is 0 Å². The monoisotopic (exact) mass is 579 g/mol. The molecule has 41 heavy (non-hydrogen) atoms. The van der Waals surface area contributed by atoms with Crippen LogP contribution in [0.4, 0.5) is 5.69 Å². The van der Waals surface area contributed by atoms with Gasteiger partial charge in [-0.15, -0.1) is 0 Å². The number of hydrogen-bond donors (Lipinski definition) is 1. The van der Waals surface area contributed by atoms with E-state index < -0.39 is 12.0 Å². The Morgan fingerprint density at radius 1 is 1.10 bits per heavy atom. The molecule has 0 radical (unpaired) electrons. The minimum absolute atomic E-state index is 0.0742. The van der Waals surface area contributed by atoms with Crippen molar-refractivity contribution >= 4 is 29.1 Å². The normalized spacial score (nSPS) is 14.9. The molecule has 0 unspecified atom stereocenters. The molecule has 3 aromatic rings. The molecule has 0 amide bonds. The topological polar surface area (TPSA) is 103 Å². The number of allylic oxidation sites excluding steroid dienone is 1. The van der Waals surface area contributed by atoms with Crippen molar-refractivity contribution in [2.24, 2.45) is 4.99 Å². The lowest BCUT2D eigenvalue weighted by Crippen LogP contribution is -2.40. The first kappa shape index (κ1) is 29.9. The Kier molecular flexibility index (Phi) is 9.54. The Balaban J connectivity index is 1.99. The van der Waals surface area contributed by atoms with Crippen LogP contribution in [0.1, 0.15) is 57.7 Å². The number of anilines is 1. The van der Waals surface area contributed by atoms with Gasteiger partial charge in [-0.1, -0.05) is 24.7 Å². The summed E-state index contributed by atoms with van der Waals surface area (Å²) in [6.07, 6.45) is 2.93. The van der Waals surface area contributed by atoms with Crippen molar-refractivity contribution < 1.29 is 24.1 Å². The van der Waals surface area contributed by atoms with Gasteiger partial charge in [0.2, 0.25) is 0 Å². The highest BCUT2D eigenvalue weighted by Crippen LogP contribution is 2.38. The van der Waals surface area contributed by atoms with Crippen LogP contribution in [0.2, 0.25) is 0 Å². The average molecular weight is 580 g/mol. The zero-order valence-electron chi connectivity index (χ0n) is 24.4. The molecule has 0 fully saturated rings. The van der Waals surface area contributed by atoms with E-state index in [4.69, 9.17) is 19.2 Å². The summed E-state index contributed by atoms with van der Waals surface area (Å²) in [5, 5.41) is 10.8. The molecule has 0 bridgehead atoms. The third-order valence-corrected chi connectivity index (χ3v) is 8.04. The molecule has 1 aliphatic rings. The molecule has 1 aliphatic heterocycles. The highest BCUT2D eigenvalue weighted by molar-refractivity contribution is 7.07. The van der Waals surface area contributed by atoms with E-state index in [2.05, 4.69) is 18.7 Å². The third kappa shape index (κ3) is 5.88. The first-order valence-electron chi connectivity index (χ1n) is 13.8. The summed E-state index contributed by atoms with van der Waals surface area (Å²) < 4.78 is 18.5. The van der Waals surface area contributed by atoms with Crippen molar-refractivity contribution in [2.75, 3.05) is 38.8 Å². The van der Waals surface area contributed by atoms with Crippen molar-refractivity contribution in [2.45, 2.75) is 46.6 Å². The predicted molar refractivity (Wildman–Crippen MR) is 161 cm³/mol. The van der Waals surface area contributed by atoms with Crippen LogP contribution in [-0.4, -0.2) is 49.6 Å². The molecule has 0 spiro atoms. The molecular formula is C31H37N3O6S. The predicted octanol–water partition coefficient (Wildman–Crippen LogP) is 4.15. The van der Waals surface area contributed by atoms with E-state index in [0.29, 0.717) is 49.7 Å². The van der Waals surface area contributed by atoms with Gasteiger partial charge in [0.1, 0.15) is 23.3 Å².